The fraction of sp³-hybridized carbons (Fsp3) is 0.182. The summed E-state index contributed by atoms with van der Waals surface area (Å²) in [7, 11) is 0. The highest BCUT2D eigenvalue weighted by Gasteiger charge is 2.07. The molecule has 0 aliphatic rings. The molecule has 2 heterocycles. The smallest absolute Gasteiger partial charge is 0.152 e. The number of hydrogen-bond donors (Lipinski definition) is 0. The molecule has 74 valence electrons. The van der Waals surface area contributed by atoms with Gasteiger partial charge in [-0.1, -0.05) is 0 Å². The molecule has 0 unspecified atom stereocenters. The SMILES string of the molecule is Cc1nc(C#N)cc(-c2ccc(C)o2)n1. The van der Waals surface area contributed by atoms with Crippen LogP contribution in [0.1, 0.15) is 17.3 Å². The summed E-state index contributed by atoms with van der Waals surface area (Å²) >= 11 is 0. The van der Waals surface area contributed by atoms with Gasteiger partial charge >= 0.3 is 0 Å². The van der Waals surface area contributed by atoms with Gasteiger partial charge in [0.05, 0.1) is 0 Å². The lowest BCUT2D eigenvalue weighted by Gasteiger charge is -1.98. The number of aromatic nitrogens is 2. The fourth-order valence-corrected chi connectivity index (χ4v) is 1.32. The van der Waals surface area contributed by atoms with E-state index in [1.807, 2.05) is 25.1 Å². The van der Waals surface area contributed by atoms with Crippen molar-refractivity contribution in [3.8, 4) is 17.5 Å². The highest BCUT2D eigenvalue weighted by Crippen LogP contribution is 2.20. The summed E-state index contributed by atoms with van der Waals surface area (Å²) in [5, 5.41) is 8.77. The lowest BCUT2D eigenvalue weighted by molar-refractivity contribution is 0.546. The maximum Gasteiger partial charge on any atom is 0.152 e. The first kappa shape index (κ1) is 9.41. The summed E-state index contributed by atoms with van der Waals surface area (Å²) in [5.74, 6) is 2.05. The molecular weight excluding hydrogens is 190 g/mol. The van der Waals surface area contributed by atoms with Crippen molar-refractivity contribution in [1.82, 2.24) is 9.97 Å². The molecule has 0 aromatic carbocycles. The predicted molar refractivity (Wildman–Crippen MR) is 53.9 cm³/mol. The molecule has 4 heteroatoms. The number of rotatable bonds is 1. The molecule has 0 aliphatic heterocycles. The van der Waals surface area contributed by atoms with Crippen LogP contribution in [0.15, 0.2) is 22.6 Å². The monoisotopic (exact) mass is 199 g/mol. The van der Waals surface area contributed by atoms with E-state index in [-0.39, 0.29) is 0 Å². The first-order valence-electron chi connectivity index (χ1n) is 4.51. The Labute approximate surface area is 87.2 Å². The van der Waals surface area contributed by atoms with Crippen molar-refractivity contribution in [1.29, 1.82) is 5.26 Å². The highest BCUT2D eigenvalue weighted by molar-refractivity contribution is 5.53. The number of nitrogens with zero attached hydrogens (tertiary/aromatic N) is 3. The first-order valence-corrected chi connectivity index (χ1v) is 4.51. The molecule has 0 N–H and O–H groups in total. The molecule has 0 saturated carbocycles. The lowest BCUT2D eigenvalue weighted by atomic mass is 10.2. The van der Waals surface area contributed by atoms with Crippen LogP contribution in [0, 0.1) is 25.2 Å². The van der Waals surface area contributed by atoms with E-state index < -0.39 is 0 Å². The van der Waals surface area contributed by atoms with E-state index >= 15 is 0 Å². The average molecular weight is 199 g/mol. The number of furan rings is 1. The molecule has 4 nitrogen and oxygen atoms in total. The van der Waals surface area contributed by atoms with E-state index in [4.69, 9.17) is 9.68 Å². The molecule has 0 radical (unpaired) electrons. The van der Waals surface area contributed by atoms with Crippen LogP contribution in [0.3, 0.4) is 0 Å². The Morgan fingerprint density at radius 2 is 2.07 bits per heavy atom. The zero-order valence-electron chi connectivity index (χ0n) is 8.48. The van der Waals surface area contributed by atoms with Gasteiger partial charge in [0.2, 0.25) is 0 Å². The lowest BCUT2D eigenvalue weighted by Crippen LogP contribution is -1.93. The van der Waals surface area contributed by atoms with Gasteiger partial charge in [0.25, 0.3) is 0 Å². The van der Waals surface area contributed by atoms with E-state index in [1.165, 1.54) is 0 Å². The Morgan fingerprint density at radius 3 is 2.67 bits per heavy atom. The molecule has 0 amide bonds. The van der Waals surface area contributed by atoms with Crippen LogP contribution in [0.4, 0.5) is 0 Å². The average Bonchev–Trinajstić information content (AvgIpc) is 2.64. The van der Waals surface area contributed by atoms with E-state index in [0.29, 0.717) is 23.0 Å². The first-order chi connectivity index (χ1) is 7.19. The van der Waals surface area contributed by atoms with Gasteiger partial charge in [-0.2, -0.15) is 5.26 Å². The number of nitriles is 1. The largest absolute Gasteiger partial charge is 0.460 e. The fourth-order valence-electron chi connectivity index (χ4n) is 1.32. The second-order valence-electron chi connectivity index (χ2n) is 3.21. The molecule has 0 atom stereocenters. The molecular formula is C11H9N3O. The summed E-state index contributed by atoms with van der Waals surface area (Å²) in [5.41, 5.74) is 0.999. The van der Waals surface area contributed by atoms with Crippen LogP contribution in [0.2, 0.25) is 0 Å². The Hall–Kier alpha value is -2.15. The summed E-state index contributed by atoms with van der Waals surface area (Å²) in [6.07, 6.45) is 0. The van der Waals surface area contributed by atoms with Crippen LogP contribution in [-0.2, 0) is 0 Å². The van der Waals surface area contributed by atoms with Crippen LogP contribution >= 0.6 is 0 Å². The van der Waals surface area contributed by atoms with Crippen LogP contribution in [0.25, 0.3) is 11.5 Å². The van der Waals surface area contributed by atoms with Crippen molar-refractivity contribution < 1.29 is 4.42 Å². The minimum atomic E-state index is 0.353. The van der Waals surface area contributed by atoms with Crippen molar-refractivity contribution in [2.45, 2.75) is 13.8 Å². The van der Waals surface area contributed by atoms with Crippen LogP contribution in [-0.4, -0.2) is 9.97 Å². The predicted octanol–water partition coefficient (Wildman–Crippen LogP) is 2.23. The van der Waals surface area contributed by atoms with E-state index in [9.17, 15) is 0 Å². The van der Waals surface area contributed by atoms with Gasteiger partial charge in [0.15, 0.2) is 5.76 Å². The molecule has 0 fully saturated rings. The van der Waals surface area contributed by atoms with Crippen molar-refractivity contribution in [3.05, 3.63) is 35.5 Å². The molecule has 0 bridgehead atoms. The van der Waals surface area contributed by atoms with Gasteiger partial charge in [0.1, 0.15) is 29.0 Å². The molecule has 0 saturated heterocycles. The molecule has 15 heavy (non-hydrogen) atoms. The third-order valence-electron chi connectivity index (χ3n) is 1.95. The van der Waals surface area contributed by atoms with Gasteiger partial charge in [-0.05, 0) is 26.0 Å². The third kappa shape index (κ3) is 1.86. The zero-order chi connectivity index (χ0) is 10.8. The van der Waals surface area contributed by atoms with Crippen LogP contribution < -0.4 is 0 Å². The Morgan fingerprint density at radius 1 is 1.27 bits per heavy atom. The maximum atomic E-state index is 8.77. The van der Waals surface area contributed by atoms with E-state index in [0.717, 1.165) is 5.76 Å². The van der Waals surface area contributed by atoms with Gasteiger partial charge in [0, 0.05) is 6.07 Å². The normalized spacial score (nSPS) is 9.93. The molecule has 2 aromatic heterocycles. The van der Waals surface area contributed by atoms with Gasteiger partial charge in [-0.15, -0.1) is 0 Å². The Balaban J connectivity index is 2.54. The summed E-state index contributed by atoms with van der Waals surface area (Å²) < 4.78 is 5.42. The number of aryl methyl sites for hydroxylation is 2. The van der Waals surface area contributed by atoms with Crippen molar-refractivity contribution in [3.63, 3.8) is 0 Å². The second-order valence-corrected chi connectivity index (χ2v) is 3.21. The Kier molecular flexibility index (Phi) is 2.22. The zero-order valence-corrected chi connectivity index (χ0v) is 8.48. The summed E-state index contributed by atoms with van der Waals surface area (Å²) in [4.78, 5) is 8.18. The summed E-state index contributed by atoms with van der Waals surface area (Å²) in [6.45, 7) is 3.61. The van der Waals surface area contributed by atoms with Gasteiger partial charge in [-0.25, -0.2) is 9.97 Å². The molecule has 2 rings (SSSR count). The number of hydrogen-bond acceptors (Lipinski definition) is 4. The van der Waals surface area contributed by atoms with Crippen molar-refractivity contribution >= 4 is 0 Å². The van der Waals surface area contributed by atoms with Crippen molar-refractivity contribution in [2.75, 3.05) is 0 Å². The topological polar surface area (TPSA) is 62.7 Å². The minimum Gasteiger partial charge on any atom is -0.460 e. The van der Waals surface area contributed by atoms with Gasteiger partial charge in [-0.3, -0.25) is 0 Å². The quantitative estimate of drug-likeness (QED) is 0.706. The van der Waals surface area contributed by atoms with Crippen molar-refractivity contribution in [2.24, 2.45) is 0 Å². The van der Waals surface area contributed by atoms with Gasteiger partial charge < -0.3 is 4.42 Å². The minimum absolute atomic E-state index is 0.353. The highest BCUT2D eigenvalue weighted by atomic mass is 16.3. The standard InChI is InChI=1S/C11H9N3O/c1-7-3-4-11(15-7)10-5-9(6-12)13-8(2)14-10/h3-5H,1-2H3. The van der Waals surface area contributed by atoms with E-state index in [2.05, 4.69) is 9.97 Å². The molecule has 0 aliphatic carbocycles. The van der Waals surface area contributed by atoms with Crippen LogP contribution in [0.5, 0.6) is 0 Å². The molecule has 0 spiro atoms. The second kappa shape index (κ2) is 3.54. The summed E-state index contributed by atoms with van der Waals surface area (Å²) in [6, 6.07) is 7.30. The van der Waals surface area contributed by atoms with E-state index in [1.54, 1.807) is 13.0 Å². The molecule has 2 aromatic rings. The maximum absolute atomic E-state index is 8.77. The third-order valence-corrected chi connectivity index (χ3v) is 1.95. The Bertz CT molecular complexity index is 537.